The van der Waals surface area contributed by atoms with Crippen LogP contribution in [-0.4, -0.2) is 9.55 Å². The number of nitriles is 1. The number of aromatic nitrogens is 2. The van der Waals surface area contributed by atoms with Crippen molar-refractivity contribution in [3.05, 3.63) is 35.5 Å². The molecular weight excluding hydrogens is 255 g/mol. The van der Waals surface area contributed by atoms with Crippen LogP contribution in [0.15, 0.2) is 18.3 Å². The molecule has 2 aromatic rings. The molecule has 1 aliphatic rings. The van der Waals surface area contributed by atoms with Crippen molar-refractivity contribution >= 4 is 5.82 Å². The van der Waals surface area contributed by atoms with Crippen LogP contribution in [0.1, 0.15) is 25.2 Å². The lowest BCUT2D eigenvalue weighted by Gasteiger charge is -2.15. The number of fused-ring (bicyclic) bond motifs is 1. The van der Waals surface area contributed by atoms with Gasteiger partial charge >= 0.3 is 0 Å². The first-order chi connectivity index (χ1) is 9.41. The van der Waals surface area contributed by atoms with Gasteiger partial charge in [-0.15, -0.1) is 0 Å². The second kappa shape index (κ2) is 4.07. The summed E-state index contributed by atoms with van der Waals surface area (Å²) in [6.07, 6.45) is 1.94. The fraction of sp³-hybridized carbons (Fsp3) is 0.333. The van der Waals surface area contributed by atoms with E-state index in [1.165, 1.54) is 6.07 Å². The molecular formula is C15H15FN4. The second-order valence-corrected chi connectivity index (χ2v) is 6.02. The van der Waals surface area contributed by atoms with Crippen molar-refractivity contribution in [2.45, 2.75) is 26.8 Å². The predicted octanol–water partition coefficient (Wildman–Crippen LogP) is 2.73. The van der Waals surface area contributed by atoms with Gasteiger partial charge in [0.2, 0.25) is 0 Å². The van der Waals surface area contributed by atoms with Crippen LogP contribution in [0.25, 0.3) is 11.1 Å². The molecule has 0 amide bonds. The first kappa shape index (κ1) is 12.7. The van der Waals surface area contributed by atoms with E-state index in [1.54, 1.807) is 6.07 Å². The highest BCUT2D eigenvalue weighted by atomic mass is 19.1. The van der Waals surface area contributed by atoms with E-state index in [4.69, 9.17) is 5.73 Å². The van der Waals surface area contributed by atoms with Crippen molar-refractivity contribution < 1.29 is 4.39 Å². The van der Waals surface area contributed by atoms with E-state index in [-0.39, 0.29) is 11.2 Å². The van der Waals surface area contributed by atoms with Gasteiger partial charge in [0.15, 0.2) is 0 Å². The van der Waals surface area contributed by atoms with E-state index < -0.39 is 5.82 Å². The number of halogens is 1. The third-order valence-electron chi connectivity index (χ3n) is 3.72. The van der Waals surface area contributed by atoms with Crippen LogP contribution in [0.4, 0.5) is 10.2 Å². The van der Waals surface area contributed by atoms with Crippen LogP contribution in [0.2, 0.25) is 0 Å². The molecule has 0 fully saturated rings. The maximum absolute atomic E-state index is 14.0. The summed E-state index contributed by atoms with van der Waals surface area (Å²) in [5.41, 5.74) is 8.46. The van der Waals surface area contributed by atoms with E-state index in [0.29, 0.717) is 11.3 Å². The van der Waals surface area contributed by atoms with Gasteiger partial charge in [0.1, 0.15) is 23.4 Å². The van der Waals surface area contributed by atoms with Crippen molar-refractivity contribution in [2.75, 3.05) is 5.73 Å². The first-order valence-electron chi connectivity index (χ1n) is 6.45. The van der Waals surface area contributed by atoms with E-state index >= 15 is 0 Å². The Hall–Kier alpha value is -2.35. The number of anilines is 1. The topological polar surface area (TPSA) is 67.6 Å². The van der Waals surface area contributed by atoms with Crippen molar-refractivity contribution in [3.63, 3.8) is 0 Å². The van der Waals surface area contributed by atoms with E-state index in [9.17, 15) is 9.65 Å². The minimum absolute atomic E-state index is 0.0754. The van der Waals surface area contributed by atoms with Crippen molar-refractivity contribution in [1.82, 2.24) is 9.55 Å². The number of nitrogen functional groups attached to an aromatic ring is 1. The molecule has 0 radical (unpaired) electrons. The molecule has 0 aromatic carbocycles. The molecule has 0 aliphatic carbocycles. The van der Waals surface area contributed by atoms with E-state index in [2.05, 4.69) is 24.9 Å². The van der Waals surface area contributed by atoms with Crippen LogP contribution >= 0.6 is 0 Å². The van der Waals surface area contributed by atoms with Crippen LogP contribution in [-0.2, 0) is 13.0 Å². The molecule has 5 heteroatoms. The minimum Gasteiger partial charge on any atom is -0.384 e. The van der Waals surface area contributed by atoms with Gasteiger partial charge in [-0.3, -0.25) is 0 Å². The Bertz CT molecular complexity index is 737. The highest BCUT2D eigenvalue weighted by molar-refractivity contribution is 5.71. The fourth-order valence-electron chi connectivity index (χ4n) is 2.88. The second-order valence-electron chi connectivity index (χ2n) is 6.02. The number of pyridine rings is 1. The Labute approximate surface area is 116 Å². The van der Waals surface area contributed by atoms with Gasteiger partial charge in [0.25, 0.3) is 0 Å². The average Bonchev–Trinajstić information content (AvgIpc) is 2.85. The van der Waals surface area contributed by atoms with Crippen molar-refractivity contribution in [3.8, 4) is 17.2 Å². The van der Waals surface area contributed by atoms with Gasteiger partial charge in [-0.05, 0) is 24.0 Å². The SMILES string of the molecule is CC1(C)Cc2c(-c3cc(N)ncc3F)cc(C#N)n2C1. The predicted molar refractivity (Wildman–Crippen MR) is 74.2 cm³/mol. The number of hydrogen-bond donors (Lipinski definition) is 1. The molecule has 0 saturated heterocycles. The van der Waals surface area contributed by atoms with Crippen LogP contribution < -0.4 is 5.73 Å². The number of nitrogens with two attached hydrogens (primary N) is 1. The first-order valence-corrected chi connectivity index (χ1v) is 6.45. The van der Waals surface area contributed by atoms with Gasteiger partial charge < -0.3 is 10.3 Å². The molecule has 2 N–H and O–H groups in total. The lowest BCUT2D eigenvalue weighted by atomic mass is 9.89. The monoisotopic (exact) mass is 270 g/mol. The molecule has 0 spiro atoms. The molecule has 20 heavy (non-hydrogen) atoms. The summed E-state index contributed by atoms with van der Waals surface area (Å²) in [6, 6.07) is 5.45. The summed E-state index contributed by atoms with van der Waals surface area (Å²) in [5, 5.41) is 9.25. The molecule has 3 rings (SSSR count). The largest absolute Gasteiger partial charge is 0.384 e. The summed E-state index contributed by atoms with van der Waals surface area (Å²) in [4.78, 5) is 3.74. The molecule has 0 bridgehead atoms. The van der Waals surface area contributed by atoms with E-state index in [0.717, 1.165) is 30.4 Å². The summed E-state index contributed by atoms with van der Waals surface area (Å²) in [5.74, 6) is -0.140. The van der Waals surface area contributed by atoms with Crippen LogP contribution in [0.3, 0.4) is 0 Å². The zero-order valence-electron chi connectivity index (χ0n) is 11.4. The maximum Gasteiger partial charge on any atom is 0.149 e. The molecule has 4 nitrogen and oxygen atoms in total. The van der Waals surface area contributed by atoms with Gasteiger partial charge in [-0.2, -0.15) is 5.26 Å². The zero-order valence-corrected chi connectivity index (χ0v) is 11.4. The Morgan fingerprint density at radius 1 is 1.40 bits per heavy atom. The third-order valence-corrected chi connectivity index (χ3v) is 3.72. The molecule has 0 atom stereocenters. The number of rotatable bonds is 1. The molecule has 102 valence electrons. The quantitative estimate of drug-likeness (QED) is 0.866. The third kappa shape index (κ3) is 1.85. The Morgan fingerprint density at radius 2 is 2.15 bits per heavy atom. The molecule has 3 heterocycles. The summed E-state index contributed by atoms with van der Waals surface area (Å²) < 4.78 is 16.0. The average molecular weight is 270 g/mol. The molecule has 0 saturated carbocycles. The lowest BCUT2D eigenvalue weighted by Crippen LogP contribution is -2.13. The number of nitrogens with zero attached hydrogens (tertiary/aromatic N) is 3. The normalized spacial score (nSPS) is 15.9. The Balaban J connectivity index is 2.22. The zero-order chi connectivity index (χ0) is 14.5. The van der Waals surface area contributed by atoms with Gasteiger partial charge in [0.05, 0.1) is 6.20 Å². The minimum atomic E-state index is -0.415. The van der Waals surface area contributed by atoms with Crippen LogP contribution in [0, 0.1) is 22.6 Å². The number of hydrogen-bond acceptors (Lipinski definition) is 3. The molecule has 0 unspecified atom stereocenters. The standard InChI is InChI=1S/C15H15FN4/c1-15(2)5-13-11(3-9(6-17)20(13)8-15)10-4-14(18)19-7-12(10)16/h3-4,7H,5,8H2,1-2H3,(H2,18,19). The van der Waals surface area contributed by atoms with Gasteiger partial charge in [-0.25, -0.2) is 9.37 Å². The highest BCUT2D eigenvalue weighted by Crippen LogP contribution is 2.40. The fourth-order valence-corrected chi connectivity index (χ4v) is 2.88. The lowest BCUT2D eigenvalue weighted by molar-refractivity contribution is 0.358. The van der Waals surface area contributed by atoms with Crippen molar-refractivity contribution in [1.29, 1.82) is 5.26 Å². The Kier molecular flexibility index (Phi) is 2.58. The molecule has 2 aromatic heterocycles. The molecule has 1 aliphatic heterocycles. The highest BCUT2D eigenvalue weighted by Gasteiger charge is 2.33. The Morgan fingerprint density at radius 3 is 2.85 bits per heavy atom. The smallest absolute Gasteiger partial charge is 0.149 e. The maximum atomic E-state index is 14.0. The van der Waals surface area contributed by atoms with Gasteiger partial charge in [-0.1, -0.05) is 13.8 Å². The summed E-state index contributed by atoms with van der Waals surface area (Å²) >= 11 is 0. The van der Waals surface area contributed by atoms with Crippen molar-refractivity contribution in [2.24, 2.45) is 5.41 Å². The van der Waals surface area contributed by atoms with Crippen LogP contribution in [0.5, 0.6) is 0 Å². The summed E-state index contributed by atoms with van der Waals surface area (Å²) in [7, 11) is 0. The van der Waals surface area contributed by atoms with Gasteiger partial charge in [0, 0.05) is 23.4 Å². The van der Waals surface area contributed by atoms with E-state index in [1.807, 2.05) is 4.57 Å². The summed E-state index contributed by atoms with van der Waals surface area (Å²) in [6.45, 7) is 5.05.